The average molecular weight is 355 g/mol. The van der Waals surface area contributed by atoms with Gasteiger partial charge in [-0.15, -0.1) is 0 Å². The molecule has 1 aromatic rings. The Hall–Kier alpha value is -0.340. The Bertz CT molecular complexity index is 347. The Morgan fingerprint density at radius 1 is 0.857 bits per heavy atom. The summed E-state index contributed by atoms with van der Waals surface area (Å²) >= 11 is 3.43. The Kier molecular flexibility index (Phi) is 10.9. The van der Waals surface area contributed by atoms with Crippen LogP contribution < -0.4 is 0 Å². The van der Waals surface area contributed by atoms with E-state index in [4.69, 9.17) is 0 Å². The van der Waals surface area contributed by atoms with Gasteiger partial charge in [0, 0.05) is 4.47 Å². The van der Waals surface area contributed by atoms with E-state index >= 15 is 0 Å². The van der Waals surface area contributed by atoms with E-state index in [-0.39, 0.29) is 6.10 Å². The molecule has 0 heterocycles. The molecule has 0 aliphatic heterocycles. The van der Waals surface area contributed by atoms with Crippen molar-refractivity contribution >= 4 is 15.9 Å². The molecule has 1 aromatic carbocycles. The Labute approximate surface area is 139 Å². The lowest BCUT2D eigenvalue weighted by atomic mass is 10.0. The van der Waals surface area contributed by atoms with Crippen LogP contribution in [-0.2, 0) is 6.42 Å². The third-order valence-electron chi connectivity index (χ3n) is 4.03. The molecule has 1 rings (SSSR count). The zero-order chi connectivity index (χ0) is 15.3. The van der Waals surface area contributed by atoms with Crippen LogP contribution in [0.5, 0.6) is 0 Å². The molecule has 0 bridgehead atoms. The van der Waals surface area contributed by atoms with Gasteiger partial charge in [-0.05, 0) is 30.5 Å². The molecular weight excluding hydrogens is 324 g/mol. The van der Waals surface area contributed by atoms with Crippen molar-refractivity contribution in [3.05, 3.63) is 34.3 Å². The molecule has 0 amide bonds. The van der Waals surface area contributed by atoms with E-state index in [1.165, 1.54) is 56.9 Å². The van der Waals surface area contributed by atoms with Crippen LogP contribution in [0.4, 0.5) is 0 Å². The summed E-state index contributed by atoms with van der Waals surface area (Å²) in [6.45, 7) is 2.26. The number of rotatable bonds is 12. The molecule has 0 aliphatic carbocycles. The van der Waals surface area contributed by atoms with Crippen LogP contribution in [0, 0.1) is 0 Å². The highest BCUT2D eigenvalue weighted by atomic mass is 79.9. The second-order valence-electron chi connectivity index (χ2n) is 6.10. The van der Waals surface area contributed by atoms with E-state index in [9.17, 15) is 5.11 Å². The molecule has 21 heavy (non-hydrogen) atoms. The summed E-state index contributed by atoms with van der Waals surface area (Å²) in [5.41, 5.74) is 1.22. The third kappa shape index (κ3) is 10.1. The fraction of sp³-hybridized carbons (Fsp3) is 0.684. The minimum Gasteiger partial charge on any atom is -0.393 e. The summed E-state index contributed by atoms with van der Waals surface area (Å²) in [4.78, 5) is 0. The molecule has 0 saturated heterocycles. The largest absolute Gasteiger partial charge is 0.393 e. The number of aliphatic hydroxyl groups excluding tert-OH is 1. The number of hydrogen-bond donors (Lipinski definition) is 1. The summed E-state index contributed by atoms with van der Waals surface area (Å²) in [7, 11) is 0. The van der Waals surface area contributed by atoms with Gasteiger partial charge in [-0.3, -0.25) is 0 Å². The lowest BCUT2D eigenvalue weighted by Crippen LogP contribution is -2.10. The van der Waals surface area contributed by atoms with Crippen LogP contribution in [0.3, 0.4) is 0 Å². The average Bonchev–Trinajstić information content (AvgIpc) is 2.48. The van der Waals surface area contributed by atoms with Crippen molar-refractivity contribution in [2.75, 3.05) is 0 Å². The van der Waals surface area contributed by atoms with E-state index in [2.05, 4.69) is 35.0 Å². The monoisotopic (exact) mass is 354 g/mol. The molecule has 1 N–H and O–H groups in total. The lowest BCUT2D eigenvalue weighted by Gasteiger charge is -2.10. The maximum Gasteiger partial charge on any atom is 0.0580 e. The van der Waals surface area contributed by atoms with Gasteiger partial charge in [-0.2, -0.15) is 0 Å². The van der Waals surface area contributed by atoms with Crippen LogP contribution in [0.1, 0.15) is 76.7 Å². The summed E-state index contributed by atoms with van der Waals surface area (Å²) in [5, 5.41) is 10.1. The SMILES string of the molecule is CCCCCCCCCCCC(O)Cc1ccc(Br)cc1. The smallest absolute Gasteiger partial charge is 0.0580 e. The third-order valence-corrected chi connectivity index (χ3v) is 4.55. The van der Waals surface area contributed by atoms with Gasteiger partial charge < -0.3 is 5.11 Å². The van der Waals surface area contributed by atoms with Gasteiger partial charge >= 0.3 is 0 Å². The second kappa shape index (κ2) is 12.2. The minimum absolute atomic E-state index is 0.185. The molecule has 2 heteroatoms. The first-order chi connectivity index (χ1) is 10.2. The van der Waals surface area contributed by atoms with Crippen molar-refractivity contribution in [3.8, 4) is 0 Å². The standard InChI is InChI=1S/C19H31BrO/c1-2-3-4-5-6-7-8-9-10-11-19(21)16-17-12-14-18(20)15-13-17/h12-15,19,21H,2-11,16H2,1H3. The topological polar surface area (TPSA) is 20.2 Å². The molecule has 0 aromatic heterocycles. The highest BCUT2D eigenvalue weighted by Gasteiger charge is 2.05. The van der Waals surface area contributed by atoms with E-state index in [1.54, 1.807) is 0 Å². The normalized spacial score (nSPS) is 12.5. The van der Waals surface area contributed by atoms with E-state index in [0.717, 1.165) is 23.7 Å². The molecule has 1 nitrogen and oxygen atoms in total. The van der Waals surface area contributed by atoms with Crippen LogP contribution in [-0.4, -0.2) is 11.2 Å². The molecule has 0 fully saturated rings. The first-order valence-corrected chi connectivity index (χ1v) is 9.44. The summed E-state index contributed by atoms with van der Waals surface area (Å²) in [6, 6.07) is 8.26. The van der Waals surface area contributed by atoms with Gasteiger partial charge in [0.25, 0.3) is 0 Å². The fourth-order valence-corrected chi connectivity index (χ4v) is 2.95. The number of unbranched alkanes of at least 4 members (excludes halogenated alkanes) is 8. The van der Waals surface area contributed by atoms with E-state index in [1.807, 2.05) is 12.1 Å². The van der Waals surface area contributed by atoms with Gasteiger partial charge in [0.05, 0.1) is 6.10 Å². The first kappa shape index (κ1) is 18.7. The highest BCUT2D eigenvalue weighted by Crippen LogP contribution is 2.15. The number of hydrogen-bond acceptors (Lipinski definition) is 1. The molecule has 1 unspecified atom stereocenters. The molecule has 0 spiro atoms. The van der Waals surface area contributed by atoms with Gasteiger partial charge in [0.1, 0.15) is 0 Å². The zero-order valence-electron chi connectivity index (χ0n) is 13.5. The first-order valence-electron chi connectivity index (χ1n) is 8.65. The van der Waals surface area contributed by atoms with Crippen LogP contribution >= 0.6 is 15.9 Å². The van der Waals surface area contributed by atoms with Crippen molar-refractivity contribution in [2.24, 2.45) is 0 Å². The predicted molar refractivity (Wildman–Crippen MR) is 95.7 cm³/mol. The van der Waals surface area contributed by atoms with Crippen LogP contribution in [0.25, 0.3) is 0 Å². The maximum absolute atomic E-state index is 10.1. The van der Waals surface area contributed by atoms with E-state index in [0.29, 0.717) is 0 Å². The van der Waals surface area contributed by atoms with Crippen LogP contribution in [0.15, 0.2) is 28.7 Å². The number of aliphatic hydroxyl groups is 1. The van der Waals surface area contributed by atoms with Gasteiger partial charge in [0.2, 0.25) is 0 Å². The second-order valence-corrected chi connectivity index (χ2v) is 7.02. The number of halogens is 1. The molecule has 0 saturated carbocycles. The van der Waals surface area contributed by atoms with Crippen molar-refractivity contribution in [1.29, 1.82) is 0 Å². The summed E-state index contributed by atoms with van der Waals surface area (Å²) < 4.78 is 1.10. The quantitative estimate of drug-likeness (QED) is 0.438. The molecule has 120 valence electrons. The Morgan fingerprint density at radius 2 is 1.38 bits per heavy atom. The molecular formula is C19H31BrO. The molecule has 1 atom stereocenters. The fourth-order valence-electron chi connectivity index (χ4n) is 2.69. The van der Waals surface area contributed by atoms with Gasteiger partial charge in [0.15, 0.2) is 0 Å². The summed E-state index contributed by atoms with van der Waals surface area (Å²) in [5.74, 6) is 0. The van der Waals surface area contributed by atoms with E-state index < -0.39 is 0 Å². The van der Waals surface area contributed by atoms with Crippen LogP contribution in [0.2, 0.25) is 0 Å². The predicted octanol–water partition coefficient (Wildman–Crippen LogP) is 6.27. The van der Waals surface area contributed by atoms with Gasteiger partial charge in [-0.1, -0.05) is 92.8 Å². The van der Waals surface area contributed by atoms with Crippen molar-refractivity contribution in [2.45, 2.75) is 83.7 Å². The minimum atomic E-state index is -0.185. The Balaban J connectivity index is 1.96. The zero-order valence-corrected chi connectivity index (χ0v) is 15.1. The van der Waals surface area contributed by atoms with Crippen molar-refractivity contribution in [1.82, 2.24) is 0 Å². The molecule has 0 radical (unpaired) electrons. The molecule has 0 aliphatic rings. The Morgan fingerprint density at radius 3 is 1.95 bits per heavy atom. The highest BCUT2D eigenvalue weighted by molar-refractivity contribution is 9.10. The summed E-state index contributed by atoms with van der Waals surface area (Å²) in [6.07, 6.45) is 13.6. The lowest BCUT2D eigenvalue weighted by molar-refractivity contribution is 0.161. The maximum atomic E-state index is 10.1. The van der Waals surface area contributed by atoms with Gasteiger partial charge in [-0.25, -0.2) is 0 Å². The number of benzene rings is 1. The van der Waals surface area contributed by atoms with Crippen molar-refractivity contribution in [3.63, 3.8) is 0 Å². The van der Waals surface area contributed by atoms with Crippen molar-refractivity contribution < 1.29 is 5.11 Å².